The Morgan fingerprint density at radius 1 is 1.28 bits per heavy atom. The van der Waals surface area contributed by atoms with Gasteiger partial charge in [0, 0.05) is 15.8 Å². The molecule has 1 aromatic heterocycles. The minimum Gasteiger partial charge on any atom is -0.309 e. The summed E-state index contributed by atoms with van der Waals surface area (Å²) in [7, 11) is 0. The average molecular weight is 265 g/mol. The molecule has 1 aliphatic rings. The Balaban J connectivity index is 2.22. The number of hydrogen-bond donors (Lipinski definition) is 1. The third-order valence-electron chi connectivity index (χ3n) is 3.76. The van der Waals surface area contributed by atoms with E-state index in [2.05, 4.69) is 50.4 Å². The van der Waals surface area contributed by atoms with Gasteiger partial charge in [-0.1, -0.05) is 27.7 Å². The molecule has 1 aromatic rings. The monoisotopic (exact) mass is 265 g/mol. The largest absolute Gasteiger partial charge is 0.309 e. The van der Waals surface area contributed by atoms with Gasteiger partial charge in [-0.05, 0) is 55.7 Å². The zero-order valence-electron chi connectivity index (χ0n) is 12.3. The first-order valence-corrected chi connectivity index (χ1v) is 8.19. The van der Waals surface area contributed by atoms with Crippen LogP contribution in [0.4, 0.5) is 0 Å². The summed E-state index contributed by atoms with van der Waals surface area (Å²) in [6.07, 6.45) is 6.58. The van der Waals surface area contributed by atoms with Gasteiger partial charge in [-0.25, -0.2) is 0 Å². The van der Waals surface area contributed by atoms with Gasteiger partial charge in [0.1, 0.15) is 0 Å². The lowest BCUT2D eigenvalue weighted by Gasteiger charge is -2.31. The van der Waals surface area contributed by atoms with Crippen molar-refractivity contribution < 1.29 is 0 Å². The molecule has 0 fully saturated rings. The maximum atomic E-state index is 3.75. The predicted molar refractivity (Wildman–Crippen MR) is 81.5 cm³/mol. The molecular weight excluding hydrogens is 238 g/mol. The van der Waals surface area contributed by atoms with E-state index in [9.17, 15) is 0 Å². The van der Waals surface area contributed by atoms with E-state index in [4.69, 9.17) is 0 Å². The summed E-state index contributed by atoms with van der Waals surface area (Å²) in [6, 6.07) is 2.99. The second kappa shape index (κ2) is 5.75. The van der Waals surface area contributed by atoms with Gasteiger partial charge in [-0.2, -0.15) is 0 Å². The van der Waals surface area contributed by atoms with Crippen molar-refractivity contribution in [1.82, 2.24) is 5.32 Å². The van der Waals surface area contributed by atoms with Crippen molar-refractivity contribution in [2.24, 2.45) is 5.41 Å². The fraction of sp³-hybridized carbons (Fsp3) is 0.750. The van der Waals surface area contributed by atoms with E-state index in [0.29, 0.717) is 11.5 Å². The second-order valence-corrected chi connectivity index (χ2v) is 7.73. The van der Waals surface area contributed by atoms with Gasteiger partial charge in [0.2, 0.25) is 0 Å². The van der Waals surface area contributed by atoms with Crippen LogP contribution in [0.25, 0.3) is 0 Å². The molecule has 1 heterocycles. The minimum absolute atomic E-state index is 0.294. The molecule has 0 aliphatic heterocycles. The average Bonchev–Trinajstić information content (AvgIpc) is 2.70. The molecule has 0 saturated heterocycles. The van der Waals surface area contributed by atoms with Gasteiger partial charge in [0.25, 0.3) is 0 Å². The quantitative estimate of drug-likeness (QED) is 0.831. The van der Waals surface area contributed by atoms with Crippen molar-refractivity contribution in [1.29, 1.82) is 0 Å². The molecule has 2 rings (SSSR count). The molecule has 0 amide bonds. The van der Waals surface area contributed by atoms with Gasteiger partial charge in [0.15, 0.2) is 0 Å². The molecule has 18 heavy (non-hydrogen) atoms. The van der Waals surface area contributed by atoms with Crippen LogP contribution in [-0.4, -0.2) is 6.54 Å². The lowest BCUT2D eigenvalue weighted by Crippen LogP contribution is -2.32. The van der Waals surface area contributed by atoms with E-state index < -0.39 is 0 Å². The van der Waals surface area contributed by atoms with Crippen LogP contribution in [0.15, 0.2) is 6.07 Å². The van der Waals surface area contributed by atoms with Crippen LogP contribution in [0, 0.1) is 5.41 Å². The third kappa shape index (κ3) is 3.16. The zero-order valence-corrected chi connectivity index (χ0v) is 13.1. The summed E-state index contributed by atoms with van der Waals surface area (Å²) in [4.78, 5) is 3.21. The number of nitrogens with one attached hydrogen (secondary N) is 1. The van der Waals surface area contributed by atoms with Crippen molar-refractivity contribution in [2.75, 3.05) is 6.54 Å². The molecule has 0 aromatic carbocycles. The number of hydrogen-bond acceptors (Lipinski definition) is 2. The first kappa shape index (κ1) is 14.1. The smallest absolute Gasteiger partial charge is 0.0464 e. The molecule has 0 bridgehead atoms. The van der Waals surface area contributed by atoms with Crippen molar-refractivity contribution in [3.05, 3.63) is 21.4 Å². The molecule has 0 saturated carbocycles. The summed E-state index contributed by atoms with van der Waals surface area (Å²) in [5.41, 5.74) is 1.93. The predicted octanol–water partition coefficient (Wildman–Crippen LogP) is 4.71. The Labute approximate surface area is 116 Å². The molecular formula is C16H27NS. The van der Waals surface area contributed by atoms with E-state index in [1.165, 1.54) is 32.1 Å². The second-order valence-electron chi connectivity index (χ2n) is 6.56. The number of thiophene rings is 1. The van der Waals surface area contributed by atoms with E-state index in [1.54, 1.807) is 15.3 Å². The summed E-state index contributed by atoms with van der Waals surface area (Å²) in [6.45, 7) is 10.4. The topological polar surface area (TPSA) is 12.0 Å². The first-order chi connectivity index (χ1) is 8.52. The highest BCUT2D eigenvalue weighted by molar-refractivity contribution is 7.12. The van der Waals surface area contributed by atoms with Gasteiger partial charge >= 0.3 is 0 Å². The Morgan fingerprint density at radius 2 is 2.00 bits per heavy atom. The van der Waals surface area contributed by atoms with E-state index >= 15 is 0 Å². The van der Waals surface area contributed by atoms with Gasteiger partial charge in [-0.3, -0.25) is 0 Å². The number of rotatable bonds is 4. The van der Waals surface area contributed by atoms with Crippen molar-refractivity contribution >= 4 is 11.3 Å². The normalized spacial score (nSPS) is 17.6. The zero-order chi connectivity index (χ0) is 13.2. The van der Waals surface area contributed by atoms with Crippen LogP contribution in [0.3, 0.4) is 0 Å². The van der Waals surface area contributed by atoms with Crippen LogP contribution in [-0.2, 0) is 12.8 Å². The summed E-state index contributed by atoms with van der Waals surface area (Å²) in [5, 5.41) is 3.75. The Kier molecular flexibility index (Phi) is 4.50. The highest BCUT2D eigenvalue weighted by Gasteiger charge is 2.28. The molecule has 0 radical (unpaired) electrons. The summed E-state index contributed by atoms with van der Waals surface area (Å²) >= 11 is 2.06. The molecule has 1 atom stereocenters. The fourth-order valence-electron chi connectivity index (χ4n) is 2.78. The lowest BCUT2D eigenvalue weighted by atomic mass is 9.85. The van der Waals surface area contributed by atoms with Crippen LogP contribution < -0.4 is 5.32 Å². The van der Waals surface area contributed by atoms with Crippen molar-refractivity contribution in [2.45, 2.75) is 65.8 Å². The van der Waals surface area contributed by atoms with Crippen molar-refractivity contribution in [3.8, 4) is 0 Å². The number of aryl methyl sites for hydroxylation is 2. The summed E-state index contributed by atoms with van der Waals surface area (Å²) < 4.78 is 0. The standard InChI is InChI=1S/C16H27NS/c1-5-10-17-15(16(2,3)4)14-11-12-8-6-7-9-13(12)18-14/h11,15,17H,5-10H2,1-4H3. The molecule has 1 aliphatic carbocycles. The van der Waals surface area contributed by atoms with Crippen LogP contribution in [0.5, 0.6) is 0 Å². The highest BCUT2D eigenvalue weighted by Crippen LogP contribution is 2.39. The summed E-state index contributed by atoms with van der Waals surface area (Å²) in [5.74, 6) is 0. The minimum atomic E-state index is 0.294. The van der Waals surface area contributed by atoms with Gasteiger partial charge in [0.05, 0.1) is 0 Å². The SMILES string of the molecule is CCCNC(c1cc2c(s1)CCCC2)C(C)(C)C. The molecule has 2 heteroatoms. The molecule has 1 N–H and O–H groups in total. The molecule has 1 unspecified atom stereocenters. The van der Waals surface area contributed by atoms with Gasteiger partial charge in [-0.15, -0.1) is 11.3 Å². The molecule has 0 spiro atoms. The van der Waals surface area contributed by atoms with Crippen LogP contribution >= 0.6 is 11.3 Å². The van der Waals surface area contributed by atoms with Gasteiger partial charge < -0.3 is 5.32 Å². The Bertz CT molecular complexity index is 363. The Morgan fingerprint density at radius 3 is 2.61 bits per heavy atom. The maximum absolute atomic E-state index is 3.75. The maximum Gasteiger partial charge on any atom is 0.0464 e. The highest BCUT2D eigenvalue weighted by atomic mass is 32.1. The molecule has 1 nitrogen and oxygen atoms in total. The Hall–Kier alpha value is -0.340. The van der Waals surface area contributed by atoms with E-state index in [1.807, 2.05) is 0 Å². The number of fused-ring (bicyclic) bond motifs is 1. The first-order valence-electron chi connectivity index (χ1n) is 7.37. The van der Waals surface area contributed by atoms with Crippen LogP contribution in [0.2, 0.25) is 0 Å². The van der Waals surface area contributed by atoms with Crippen molar-refractivity contribution in [3.63, 3.8) is 0 Å². The third-order valence-corrected chi connectivity index (χ3v) is 5.07. The fourth-order valence-corrected chi connectivity index (χ4v) is 4.36. The lowest BCUT2D eigenvalue weighted by molar-refractivity contribution is 0.277. The molecule has 102 valence electrons. The van der Waals surface area contributed by atoms with Crippen LogP contribution in [0.1, 0.15) is 68.3 Å². The van der Waals surface area contributed by atoms with E-state index in [0.717, 1.165) is 6.54 Å². The van der Waals surface area contributed by atoms with E-state index in [-0.39, 0.29) is 0 Å².